The third-order valence-electron chi connectivity index (χ3n) is 3.38. The van der Waals surface area contributed by atoms with Crippen molar-refractivity contribution in [2.75, 3.05) is 0 Å². The van der Waals surface area contributed by atoms with Crippen molar-refractivity contribution in [3.05, 3.63) is 74.2 Å². The number of benzene rings is 2. The summed E-state index contributed by atoms with van der Waals surface area (Å²) in [5, 5.41) is 14.2. The number of rotatable bonds is 2. The second-order valence-electron chi connectivity index (χ2n) is 4.99. The lowest BCUT2D eigenvalue weighted by atomic mass is 9.94. The molecule has 1 aliphatic rings. The SMILES string of the molecule is O=C(NN=C1c2ccccc2C=CC1O)c1cc(Br)cc(Br)c1. The third kappa shape index (κ3) is 3.60. The quantitative estimate of drug-likeness (QED) is 0.706. The minimum Gasteiger partial charge on any atom is -0.383 e. The highest BCUT2D eigenvalue weighted by molar-refractivity contribution is 9.11. The van der Waals surface area contributed by atoms with Crippen LogP contribution in [0.2, 0.25) is 0 Å². The Morgan fingerprint density at radius 2 is 1.83 bits per heavy atom. The van der Waals surface area contributed by atoms with Gasteiger partial charge in [-0.2, -0.15) is 5.10 Å². The molecule has 0 fully saturated rings. The van der Waals surface area contributed by atoms with E-state index in [1.165, 1.54) is 0 Å². The number of hydrogen-bond donors (Lipinski definition) is 2. The normalized spacial score (nSPS) is 17.9. The first-order valence-corrected chi connectivity index (χ1v) is 8.43. The van der Waals surface area contributed by atoms with E-state index in [0.29, 0.717) is 11.3 Å². The van der Waals surface area contributed by atoms with Crippen LogP contribution >= 0.6 is 31.9 Å². The smallest absolute Gasteiger partial charge is 0.271 e. The summed E-state index contributed by atoms with van der Waals surface area (Å²) in [6.45, 7) is 0. The summed E-state index contributed by atoms with van der Waals surface area (Å²) in [4.78, 5) is 12.3. The second kappa shape index (κ2) is 6.78. The summed E-state index contributed by atoms with van der Waals surface area (Å²) >= 11 is 6.69. The number of nitrogens with one attached hydrogen (secondary N) is 1. The fourth-order valence-electron chi connectivity index (χ4n) is 2.31. The summed E-state index contributed by atoms with van der Waals surface area (Å²) in [6, 6.07) is 12.8. The Kier molecular flexibility index (Phi) is 4.75. The molecule has 0 radical (unpaired) electrons. The van der Waals surface area contributed by atoms with Crippen LogP contribution in [0.4, 0.5) is 0 Å². The number of hydrogen-bond acceptors (Lipinski definition) is 3. The molecule has 0 bridgehead atoms. The van der Waals surface area contributed by atoms with Gasteiger partial charge in [-0.15, -0.1) is 0 Å². The molecule has 2 aromatic carbocycles. The molecule has 2 N–H and O–H groups in total. The predicted molar refractivity (Wildman–Crippen MR) is 97.3 cm³/mol. The zero-order valence-electron chi connectivity index (χ0n) is 11.8. The highest BCUT2D eigenvalue weighted by Crippen LogP contribution is 2.21. The second-order valence-corrected chi connectivity index (χ2v) is 6.82. The summed E-state index contributed by atoms with van der Waals surface area (Å²) in [6.07, 6.45) is 2.63. The Balaban J connectivity index is 1.87. The van der Waals surface area contributed by atoms with Gasteiger partial charge >= 0.3 is 0 Å². The first kappa shape index (κ1) is 16.1. The van der Waals surface area contributed by atoms with Gasteiger partial charge in [-0.05, 0) is 29.8 Å². The molecule has 2 aromatic rings. The van der Waals surface area contributed by atoms with Crippen LogP contribution in [0.15, 0.2) is 62.6 Å². The minimum atomic E-state index is -0.848. The molecule has 1 unspecified atom stereocenters. The first-order valence-electron chi connectivity index (χ1n) is 6.84. The van der Waals surface area contributed by atoms with Crippen LogP contribution in [0.3, 0.4) is 0 Å². The van der Waals surface area contributed by atoms with Crippen LogP contribution in [0.1, 0.15) is 21.5 Å². The molecule has 0 saturated carbocycles. The van der Waals surface area contributed by atoms with Crippen molar-refractivity contribution in [3.8, 4) is 0 Å². The third-order valence-corrected chi connectivity index (χ3v) is 4.29. The Hall–Kier alpha value is -1.76. The van der Waals surface area contributed by atoms with E-state index in [9.17, 15) is 9.90 Å². The van der Waals surface area contributed by atoms with Gasteiger partial charge in [0, 0.05) is 20.1 Å². The van der Waals surface area contributed by atoms with Gasteiger partial charge < -0.3 is 5.11 Å². The topological polar surface area (TPSA) is 61.7 Å². The van der Waals surface area contributed by atoms with Gasteiger partial charge in [0.2, 0.25) is 0 Å². The van der Waals surface area contributed by atoms with E-state index in [-0.39, 0.29) is 5.91 Å². The first-order chi connectivity index (χ1) is 11.0. The lowest BCUT2D eigenvalue weighted by Gasteiger charge is -2.17. The number of fused-ring (bicyclic) bond motifs is 1. The zero-order valence-corrected chi connectivity index (χ0v) is 15.0. The lowest BCUT2D eigenvalue weighted by molar-refractivity contribution is 0.0954. The van der Waals surface area contributed by atoms with Crippen LogP contribution in [0.25, 0.3) is 6.08 Å². The molecular formula is C17H12Br2N2O2. The monoisotopic (exact) mass is 434 g/mol. The maximum Gasteiger partial charge on any atom is 0.271 e. The van der Waals surface area contributed by atoms with Crippen LogP contribution in [0.5, 0.6) is 0 Å². The lowest BCUT2D eigenvalue weighted by Crippen LogP contribution is -2.28. The maximum absolute atomic E-state index is 12.3. The van der Waals surface area contributed by atoms with Crippen molar-refractivity contribution in [1.82, 2.24) is 5.43 Å². The van der Waals surface area contributed by atoms with Crippen LogP contribution in [0, 0.1) is 0 Å². The Labute approximate surface area is 150 Å². The Morgan fingerprint density at radius 3 is 2.57 bits per heavy atom. The summed E-state index contributed by atoms with van der Waals surface area (Å²) in [5.74, 6) is -0.348. The van der Waals surface area contributed by atoms with Crippen molar-refractivity contribution in [3.63, 3.8) is 0 Å². The molecule has 0 spiro atoms. The molecule has 0 aliphatic heterocycles. The van der Waals surface area contributed by atoms with Gasteiger partial charge in [0.1, 0.15) is 11.8 Å². The minimum absolute atomic E-state index is 0.348. The van der Waals surface area contributed by atoms with E-state index in [1.54, 1.807) is 18.2 Å². The van der Waals surface area contributed by atoms with Crippen molar-refractivity contribution in [2.24, 2.45) is 5.10 Å². The number of carbonyl (C=O) groups is 1. The number of carbonyl (C=O) groups excluding carboxylic acids is 1. The molecule has 0 heterocycles. The number of amides is 1. The molecule has 3 rings (SSSR count). The average Bonchev–Trinajstić information content (AvgIpc) is 2.52. The molecule has 6 heteroatoms. The molecule has 23 heavy (non-hydrogen) atoms. The van der Waals surface area contributed by atoms with Crippen molar-refractivity contribution in [1.29, 1.82) is 0 Å². The van der Waals surface area contributed by atoms with E-state index in [2.05, 4.69) is 42.4 Å². The average molecular weight is 436 g/mol. The Bertz CT molecular complexity index is 811. The highest BCUT2D eigenvalue weighted by Gasteiger charge is 2.19. The number of aliphatic hydroxyl groups excluding tert-OH is 1. The Morgan fingerprint density at radius 1 is 1.13 bits per heavy atom. The van der Waals surface area contributed by atoms with E-state index < -0.39 is 6.10 Å². The van der Waals surface area contributed by atoms with E-state index in [1.807, 2.05) is 36.4 Å². The molecule has 1 atom stereocenters. The fraction of sp³-hybridized carbons (Fsp3) is 0.0588. The van der Waals surface area contributed by atoms with E-state index in [0.717, 1.165) is 20.1 Å². The van der Waals surface area contributed by atoms with Crippen LogP contribution in [-0.4, -0.2) is 22.8 Å². The number of hydrazone groups is 1. The fourth-order valence-corrected chi connectivity index (χ4v) is 3.60. The maximum atomic E-state index is 12.3. The largest absolute Gasteiger partial charge is 0.383 e. The van der Waals surface area contributed by atoms with Crippen molar-refractivity contribution >= 4 is 49.6 Å². The zero-order chi connectivity index (χ0) is 16.4. The van der Waals surface area contributed by atoms with Crippen molar-refractivity contribution < 1.29 is 9.90 Å². The number of aliphatic hydroxyl groups is 1. The van der Waals surface area contributed by atoms with Gasteiger partial charge in [0.05, 0.1) is 0 Å². The molecule has 116 valence electrons. The summed E-state index contributed by atoms with van der Waals surface area (Å²) < 4.78 is 1.58. The van der Waals surface area contributed by atoms with Gasteiger partial charge in [0.25, 0.3) is 5.91 Å². The molecule has 1 aliphatic carbocycles. The number of nitrogens with zero attached hydrogens (tertiary/aromatic N) is 1. The van der Waals surface area contributed by atoms with E-state index in [4.69, 9.17) is 0 Å². The number of halogens is 2. The van der Waals surface area contributed by atoms with Gasteiger partial charge in [-0.3, -0.25) is 4.79 Å². The highest BCUT2D eigenvalue weighted by atomic mass is 79.9. The summed E-state index contributed by atoms with van der Waals surface area (Å²) in [5.41, 5.74) is 5.15. The molecule has 4 nitrogen and oxygen atoms in total. The van der Waals surface area contributed by atoms with E-state index >= 15 is 0 Å². The standard InChI is InChI=1S/C17H12Br2N2O2/c18-12-7-11(8-13(19)9-12)17(23)21-20-16-14-4-2-1-3-10(14)5-6-15(16)22/h1-9,15,22H,(H,21,23). The van der Waals surface area contributed by atoms with Gasteiger partial charge in [-0.25, -0.2) is 5.43 Å². The molecular weight excluding hydrogens is 424 g/mol. The van der Waals surface area contributed by atoms with Crippen LogP contribution in [-0.2, 0) is 0 Å². The molecule has 0 saturated heterocycles. The molecule has 0 aromatic heterocycles. The van der Waals surface area contributed by atoms with Gasteiger partial charge in [0.15, 0.2) is 0 Å². The van der Waals surface area contributed by atoms with Crippen LogP contribution < -0.4 is 5.43 Å². The molecule has 1 amide bonds. The summed E-state index contributed by atoms with van der Waals surface area (Å²) in [7, 11) is 0. The predicted octanol–water partition coefficient (Wildman–Crippen LogP) is 3.73. The van der Waals surface area contributed by atoms with Gasteiger partial charge in [-0.1, -0.05) is 62.2 Å². The van der Waals surface area contributed by atoms with Crippen molar-refractivity contribution in [2.45, 2.75) is 6.10 Å².